The highest BCUT2D eigenvalue weighted by Gasteiger charge is 2.27. The Hall–Kier alpha value is -1.69. The van der Waals surface area contributed by atoms with Crippen LogP contribution in [0.3, 0.4) is 0 Å². The van der Waals surface area contributed by atoms with Crippen molar-refractivity contribution in [3.63, 3.8) is 0 Å². The molecule has 0 aliphatic carbocycles. The van der Waals surface area contributed by atoms with Gasteiger partial charge in [-0.2, -0.15) is 0 Å². The summed E-state index contributed by atoms with van der Waals surface area (Å²) in [6, 6.07) is -0.534. The molecule has 1 atom stereocenters. The summed E-state index contributed by atoms with van der Waals surface area (Å²) in [5.41, 5.74) is 1.06. The Morgan fingerprint density at radius 3 is 3.06 bits per heavy atom. The third-order valence-electron chi connectivity index (χ3n) is 3.11. The lowest BCUT2D eigenvalue weighted by Gasteiger charge is -2.33. The predicted octanol–water partition coefficient (Wildman–Crippen LogP) is 0.463. The standard InChI is InChI=1S/C12H18N4O2/c1-8(2)9-5-13-7-15-11(9)16-4-3-14-10(6-16)12(17)18/h5,7-8,10,14H,3-4,6H2,1-2H3,(H,17,18)/t10-/m0/s1. The maximum absolute atomic E-state index is 11.0. The molecule has 2 heterocycles. The zero-order valence-electron chi connectivity index (χ0n) is 10.6. The zero-order valence-corrected chi connectivity index (χ0v) is 10.6. The second-order valence-corrected chi connectivity index (χ2v) is 4.75. The summed E-state index contributed by atoms with van der Waals surface area (Å²) in [5, 5.41) is 12.0. The van der Waals surface area contributed by atoms with Crippen molar-refractivity contribution in [3.05, 3.63) is 18.1 Å². The molecule has 1 aliphatic heterocycles. The van der Waals surface area contributed by atoms with Crippen molar-refractivity contribution in [3.8, 4) is 0 Å². The molecule has 1 saturated heterocycles. The Labute approximate surface area is 106 Å². The Balaban J connectivity index is 2.23. The first-order valence-electron chi connectivity index (χ1n) is 6.10. The van der Waals surface area contributed by atoms with E-state index in [4.69, 9.17) is 5.11 Å². The molecule has 1 aliphatic rings. The van der Waals surface area contributed by atoms with Gasteiger partial charge in [-0.05, 0) is 5.92 Å². The lowest BCUT2D eigenvalue weighted by atomic mass is 10.0. The monoisotopic (exact) mass is 250 g/mol. The fraction of sp³-hybridized carbons (Fsp3) is 0.583. The Morgan fingerprint density at radius 2 is 2.39 bits per heavy atom. The van der Waals surface area contributed by atoms with Gasteiger partial charge in [0.2, 0.25) is 0 Å². The highest BCUT2D eigenvalue weighted by atomic mass is 16.4. The van der Waals surface area contributed by atoms with Crippen molar-refractivity contribution in [1.29, 1.82) is 0 Å². The van der Waals surface area contributed by atoms with E-state index in [-0.39, 0.29) is 0 Å². The number of carbonyl (C=O) groups is 1. The second-order valence-electron chi connectivity index (χ2n) is 4.75. The Bertz CT molecular complexity index is 436. The van der Waals surface area contributed by atoms with Crippen LogP contribution in [0.2, 0.25) is 0 Å². The number of aromatic nitrogens is 2. The molecular weight excluding hydrogens is 232 g/mol. The highest BCUT2D eigenvalue weighted by molar-refractivity contribution is 5.74. The molecule has 0 amide bonds. The number of rotatable bonds is 3. The largest absolute Gasteiger partial charge is 0.480 e. The van der Waals surface area contributed by atoms with Gasteiger partial charge < -0.3 is 15.3 Å². The van der Waals surface area contributed by atoms with E-state index in [2.05, 4.69) is 29.1 Å². The van der Waals surface area contributed by atoms with Gasteiger partial charge in [-0.25, -0.2) is 9.97 Å². The number of nitrogens with zero attached hydrogens (tertiary/aromatic N) is 3. The number of nitrogens with one attached hydrogen (secondary N) is 1. The number of anilines is 1. The van der Waals surface area contributed by atoms with Crippen molar-refractivity contribution < 1.29 is 9.90 Å². The van der Waals surface area contributed by atoms with E-state index in [1.54, 1.807) is 0 Å². The first kappa shape index (κ1) is 12.8. The van der Waals surface area contributed by atoms with Crippen molar-refractivity contribution in [2.45, 2.75) is 25.8 Å². The number of piperazine rings is 1. The molecule has 0 bridgehead atoms. The number of carboxylic acid groups (broad SMARTS) is 1. The van der Waals surface area contributed by atoms with Crippen molar-refractivity contribution in [1.82, 2.24) is 15.3 Å². The van der Waals surface area contributed by atoms with Crippen LogP contribution in [-0.2, 0) is 4.79 Å². The zero-order chi connectivity index (χ0) is 13.1. The van der Waals surface area contributed by atoms with Gasteiger partial charge in [0.1, 0.15) is 18.2 Å². The average molecular weight is 250 g/mol. The molecule has 0 aromatic carbocycles. The van der Waals surface area contributed by atoms with Crippen LogP contribution in [0.15, 0.2) is 12.5 Å². The summed E-state index contributed by atoms with van der Waals surface area (Å²) in [6.07, 6.45) is 3.32. The van der Waals surface area contributed by atoms with Crippen LogP contribution in [0.1, 0.15) is 25.3 Å². The van der Waals surface area contributed by atoms with E-state index in [0.717, 1.165) is 17.9 Å². The average Bonchev–Trinajstić information content (AvgIpc) is 2.39. The fourth-order valence-corrected chi connectivity index (χ4v) is 2.11. The van der Waals surface area contributed by atoms with Crippen LogP contribution >= 0.6 is 0 Å². The molecule has 0 unspecified atom stereocenters. The molecule has 0 radical (unpaired) electrons. The maximum atomic E-state index is 11.0. The van der Waals surface area contributed by atoms with E-state index in [9.17, 15) is 4.79 Å². The molecule has 6 nitrogen and oxygen atoms in total. The molecule has 0 saturated carbocycles. The van der Waals surface area contributed by atoms with Gasteiger partial charge in [0.25, 0.3) is 0 Å². The molecule has 0 spiro atoms. The van der Waals surface area contributed by atoms with Crippen molar-refractivity contribution >= 4 is 11.8 Å². The molecule has 1 aromatic heterocycles. The van der Waals surface area contributed by atoms with E-state index in [1.165, 1.54) is 6.33 Å². The molecule has 2 N–H and O–H groups in total. The summed E-state index contributed by atoms with van der Waals surface area (Å²) in [4.78, 5) is 21.4. The molecule has 1 aromatic rings. The smallest absolute Gasteiger partial charge is 0.322 e. The fourth-order valence-electron chi connectivity index (χ4n) is 2.11. The van der Waals surface area contributed by atoms with Gasteiger partial charge in [0, 0.05) is 31.4 Å². The minimum absolute atomic E-state index is 0.319. The normalized spacial score (nSPS) is 20.2. The quantitative estimate of drug-likeness (QED) is 0.811. The third kappa shape index (κ3) is 2.59. The van der Waals surface area contributed by atoms with Gasteiger partial charge in [-0.15, -0.1) is 0 Å². The predicted molar refractivity (Wildman–Crippen MR) is 67.8 cm³/mol. The van der Waals surface area contributed by atoms with Crippen molar-refractivity contribution in [2.75, 3.05) is 24.5 Å². The van der Waals surface area contributed by atoms with Crippen molar-refractivity contribution in [2.24, 2.45) is 0 Å². The van der Waals surface area contributed by atoms with Crippen LogP contribution in [0.5, 0.6) is 0 Å². The lowest BCUT2D eigenvalue weighted by molar-refractivity contribution is -0.139. The molecule has 6 heteroatoms. The van der Waals surface area contributed by atoms with Crippen LogP contribution in [0, 0.1) is 0 Å². The van der Waals surface area contributed by atoms with Gasteiger partial charge in [-0.3, -0.25) is 4.79 Å². The SMILES string of the molecule is CC(C)c1cncnc1N1CCN[C@H](C(=O)O)C1. The summed E-state index contributed by atoms with van der Waals surface area (Å²) < 4.78 is 0. The Morgan fingerprint density at radius 1 is 1.61 bits per heavy atom. The minimum atomic E-state index is -0.820. The second kappa shape index (κ2) is 5.30. The van der Waals surface area contributed by atoms with Crippen LogP contribution < -0.4 is 10.2 Å². The molecular formula is C12H18N4O2. The highest BCUT2D eigenvalue weighted by Crippen LogP contribution is 2.24. The van der Waals surface area contributed by atoms with Gasteiger partial charge >= 0.3 is 5.97 Å². The Kier molecular flexibility index (Phi) is 3.76. The van der Waals surface area contributed by atoms with E-state index < -0.39 is 12.0 Å². The first-order valence-corrected chi connectivity index (χ1v) is 6.10. The number of hydrogen-bond acceptors (Lipinski definition) is 5. The molecule has 98 valence electrons. The number of hydrogen-bond donors (Lipinski definition) is 2. The van der Waals surface area contributed by atoms with E-state index in [0.29, 0.717) is 19.0 Å². The summed E-state index contributed by atoms with van der Waals surface area (Å²) >= 11 is 0. The maximum Gasteiger partial charge on any atom is 0.322 e. The molecule has 18 heavy (non-hydrogen) atoms. The topological polar surface area (TPSA) is 78.4 Å². The van der Waals surface area contributed by atoms with E-state index >= 15 is 0 Å². The summed E-state index contributed by atoms with van der Waals surface area (Å²) in [6.45, 7) is 6.02. The summed E-state index contributed by atoms with van der Waals surface area (Å²) in [5.74, 6) is 0.354. The number of aliphatic carboxylic acids is 1. The first-order chi connectivity index (χ1) is 8.59. The van der Waals surface area contributed by atoms with Crippen LogP contribution in [0.4, 0.5) is 5.82 Å². The third-order valence-corrected chi connectivity index (χ3v) is 3.11. The van der Waals surface area contributed by atoms with E-state index in [1.807, 2.05) is 11.1 Å². The lowest BCUT2D eigenvalue weighted by Crippen LogP contribution is -2.54. The summed E-state index contributed by atoms with van der Waals surface area (Å²) in [7, 11) is 0. The number of carboxylic acids is 1. The molecule has 2 rings (SSSR count). The molecule has 1 fully saturated rings. The van der Waals surface area contributed by atoms with Gasteiger partial charge in [0.15, 0.2) is 0 Å². The minimum Gasteiger partial charge on any atom is -0.480 e. The van der Waals surface area contributed by atoms with Gasteiger partial charge in [-0.1, -0.05) is 13.8 Å². The van der Waals surface area contributed by atoms with Crippen LogP contribution in [0.25, 0.3) is 0 Å². The van der Waals surface area contributed by atoms with Gasteiger partial charge in [0.05, 0.1) is 0 Å². The van der Waals surface area contributed by atoms with Crippen LogP contribution in [-0.4, -0.2) is 46.7 Å².